The topological polar surface area (TPSA) is 116 Å². The molecular formula is C23H27N3O5. The van der Waals surface area contributed by atoms with Crippen LogP contribution in [0.3, 0.4) is 0 Å². The van der Waals surface area contributed by atoms with Crippen LogP contribution in [-0.2, 0) is 24.7 Å². The molecule has 1 aromatic carbocycles. The monoisotopic (exact) mass is 425 g/mol. The summed E-state index contributed by atoms with van der Waals surface area (Å²) in [7, 11) is 0. The number of carbonyl (C=O) groups is 4. The number of fused-ring (bicyclic) bond motifs is 4. The number of nitrogens with zero attached hydrogens (tertiary/aromatic N) is 1. The number of amides is 3. The fourth-order valence-corrected chi connectivity index (χ4v) is 6.18. The third-order valence-electron chi connectivity index (χ3n) is 7.52. The van der Waals surface area contributed by atoms with Crippen molar-refractivity contribution in [3.05, 3.63) is 29.8 Å². The molecule has 4 aliphatic rings. The summed E-state index contributed by atoms with van der Waals surface area (Å²) in [5, 5.41) is 15.4. The maximum Gasteiger partial charge on any atom is 0.303 e. The maximum atomic E-state index is 13.8. The molecule has 8 nitrogen and oxygen atoms in total. The van der Waals surface area contributed by atoms with Crippen molar-refractivity contribution in [2.24, 2.45) is 11.8 Å². The second-order valence-corrected chi connectivity index (χ2v) is 9.19. The minimum Gasteiger partial charge on any atom is -0.481 e. The summed E-state index contributed by atoms with van der Waals surface area (Å²) in [5.74, 6) is -3.44. The maximum absolute atomic E-state index is 13.8. The van der Waals surface area contributed by atoms with Crippen LogP contribution in [0.2, 0.25) is 0 Å². The van der Waals surface area contributed by atoms with Gasteiger partial charge >= 0.3 is 5.97 Å². The molecule has 164 valence electrons. The summed E-state index contributed by atoms with van der Waals surface area (Å²) in [6.07, 6.45) is 5.79. The first-order valence-corrected chi connectivity index (χ1v) is 11.2. The summed E-state index contributed by atoms with van der Waals surface area (Å²) >= 11 is 0. The lowest BCUT2D eigenvalue weighted by Crippen LogP contribution is -2.54. The van der Waals surface area contributed by atoms with Crippen LogP contribution in [0, 0.1) is 11.8 Å². The van der Waals surface area contributed by atoms with Crippen LogP contribution in [0.4, 0.5) is 5.69 Å². The number of anilines is 1. The molecule has 1 saturated carbocycles. The summed E-state index contributed by atoms with van der Waals surface area (Å²) < 4.78 is 0. The number of hydrogen-bond acceptors (Lipinski definition) is 5. The molecule has 1 spiro atoms. The number of nitrogens with one attached hydrogen (secondary N) is 2. The van der Waals surface area contributed by atoms with Gasteiger partial charge in [-0.1, -0.05) is 43.9 Å². The highest BCUT2D eigenvalue weighted by molar-refractivity contribution is 6.15. The van der Waals surface area contributed by atoms with Crippen molar-refractivity contribution in [1.82, 2.24) is 10.2 Å². The minimum absolute atomic E-state index is 0.134. The number of benzene rings is 1. The van der Waals surface area contributed by atoms with Gasteiger partial charge in [0.1, 0.15) is 5.54 Å². The van der Waals surface area contributed by atoms with Gasteiger partial charge in [-0.15, -0.1) is 0 Å². The highest BCUT2D eigenvalue weighted by Crippen LogP contribution is 2.54. The fraction of sp³-hybridized carbons (Fsp3) is 0.565. The zero-order valence-electron chi connectivity index (χ0n) is 17.3. The Kier molecular flexibility index (Phi) is 4.84. The molecule has 0 aromatic heterocycles. The first-order valence-electron chi connectivity index (χ1n) is 11.2. The zero-order valence-corrected chi connectivity index (χ0v) is 17.3. The number of likely N-dealkylation sites (tertiary alicyclic amines) is 1. The Balaban J connectivity index is 1.58. The van der Waals surface area contributed by atoms with Gasteiger partial charge in [0.15, 0.2) is 0 Å². The molecule has 1 aromatic rings. The third-order valence-corrected chi connectivity index (χ3v) is 7.52. The van der Waals surface area contributed by atoms with Gasteiger partial charge in [0, 0.05) is 29.8 Å². The van der Waals surface area contributed by atoms with Gasteiger partial charge in [-0.05, 0) is 25.3 Å². The Labute approximate surface area is 180 Å². The lowest BCUT2D eigenvalue weighted by molar-refractivity contribution is -0.146. The van der Waals surface area contributed by atoms with Gasteiger partial charge in [-0.25, -0.2) is 0 Å². The van der Waals surface area contributed by atoms with E-state index in [0.29, 0.717) is 11.3 Å². The van der Waals surface area contributed by atoms with Crippen molar-refractivity contribution in [2.75, 3.05) is 5.32 Å². The Morgan fingerprint density at radius 1 is 1.06 bits per heavy atom. The van der Waals surface area contributed by atoms with Gasteiger partial charge in [-0.3, -0.25) is 29.4 Å². The predicted molar refractivity (Wildman–Crippen MR) is 111 cm³/mol. The quantitative estimate of drug-likeness (QED) is 0.502. The van der Waals surface area contributed by atoms with Gasteiger partial charge in [0.2, 0.25) is 17.7 Å². The molecule has 8 heteroatoms. The van der Waals surface area contributed by atoms with Crippen LogP contribution in [0.15, 0.2) is 24.3 Å². The molecule has 2 saturated heterocycles. The Hall–Kier alpha value is -2.74. The highest BCUT2D eigenvalue weighted by Gasteiger charge is 2.70. The van der Waals surface area contributed by atoms with E-state index < -0.39 is 29.4 Å². The minimum atomic E-state index is -1.34. The fourth-order valence-electron chi connectivity index (χ4n) is 6.18. The van der Waals surface area contributed by atoms with Crippen molar-refractivity contribution in [2.45, 2.75) is 69.0 Å². The number of hydrogen-bond donors (Lipinski definition) is 3. The van der Waals surface area contributed by atoms with E-state index in [9.17, 15) is 24.3 Å². The van der Waals surface area contributed by atoms with Crippen LogP contribution in [0.5, 0.6) is 0 Å². The van der Waals surface area contributed by atoms with Crippen LogP contribution >= 0.6 is 0 Å². The molecule has 31 heavy (non-hydrogen) atoms. The van der Waals surface area contributed by atoms with Crippen molar-refractivity contribution in [1.29, 1.82) is 0 Å². The molecule has 3 heterocycles. The zero-order chi connectivity index (χ0) is 21.8. The Morgan fingerprint density at radius 2 is 1.77 bits per heavy atom. The first kappa shape index (κ1) is 20.2. The molecule has 4 atom stereocenters. The summed E-state index contributed by atoms with van der Waals surface area (Å²) in [4.78, 5) is 53.4. The van der Waals surface area contributed by atoms with E-state index in [0.717, 1.165) is 38.5 Å². The molecule has 1 aliphatic carbocycles. The normalized spacial score (nSPS) is 32.8. The van der Waals surface area contributed by atoms with Crippen molar-refractivity contribution in [3.63, 3.8) is 0 Å². The van der Waals surface area contributed by atoms with Gasteiger partial charge in [0.25, 0.3) is 0 Å². The number of imide groups is 1. The largest absolute Gasteiger partial charge is 0.481 e. The molecule has 0 radical (unpaired) electrons. The molecule has 3 fully saturated rings. The Bertz CT molecular complexity index is 954. The number of carboxylic acid groups (broad SMARTS) is 1. The van der Waals surface area contributed by atoms with E-state index in [-0.39, 0.29) is 36.6 Å². The molecule has 0 bridgehead atoms. The average Bonchev–Trinajstić information content (AvgIpc) is 3.21. The lowest BCUT2D eigenvalue weighted by atomic mass is 9.76. The summed E-state index contributed by atoms with van der Waals surface area (Å²) in [6, 6.07) is 6.53. The smallest absolute Gasteiger partial charge is 0.303 e. The SMILES string of the molecule is O=C(O)CCC1NC2(C(=O)Nc3ccccc32)[C@@H]2C(=O)N(C3CCCCCC3)C(=O)[C@H]12. The number of para-hydroxylation sites is 1. The second kappa shape index (κ2) is 7.44. The number of carbonyl (C=O) groups excluding carboxylic acids is 3. The molecule has 3 aliphatic heterocycles. The third kappa shape index (κ3) is 2.91. The van der Waals surface area contributed by atoms with E-state index in [1.165, 1.54) is 4.90 Å². The van der Waals surface area contributed by atoms with Crippen molar-refractivity contribution in [3.8, 4) is 0 Å². The van der Waals surface area contributed by atoms with Gasteiger partial charge in [-0.2, -0.15) is 0 Å². The molecule has 3 N–H and O–H groups in total. The molecule has 2 unspecified atom stereocenters. The van der Waals surface area contributed by atoms with E-state index in [1.54, 1.807) is 6.07 Å². The van der Waals surface area contributed by atoms with E-state index in [1.807, 2.05) is 18.2 Å². The van der Waals surface area contributed by atoms with Crippen molar-refractivity contribution < 1.29 is 24.3 Å². The molecule has 5 rings (SSSR count). The number of carboxylic acids is 1. The molecule has 3 amide bonds. The van der Waals surface area contributed by atoms with Gasteiger partial charge in [0.05, 0.1) is 11.8 Å². The van der Waals surface area contributed by atoms with E-state index >= 15 is 0 Å². The standard InChI is InChI=1S/C23H27N3O5/c27-17(28)12-11-16-18-19(21(30)26(20(18)29)13-7-3-1-2-4-8-13)23(25-16)14-9-5-6-10-15(14)24-22(23)31/h5-6,9-10,13,16,18-19,25H,1-4,7-8,11-12H2,(H,24,31)(H,27,28)/t16?,18-,19+,23?/m1/s1. The van der Waals surface area contributed by atoms with Crippen molar-refractivity contribution >= 4 is 29.4 Å². The highest BCUT2D eigenvalue weighted by atomic mass is 16.4. The lowest BCUT2D eigenvalue weighted by Gasteiger charge is -2.32. The second-order valence-electron chi connectivity index (χ2n) is 9.19. The van der Waals surface area contributed by atoms with Crippen LogP contribution in [-0.4, -0.2) is 45.8 Å². The van der Waals surface area contributed by atoms with Gasteiger partial charge < -0.3 is 10.4 Å². The average molecular weight is 425 g/mol. The van der Waals surface area contributed by atoms with E-state index in [4.69, 9.17) is 0 Å². The summed E-state index contributed by atoms with van der Waals surface area (Å²) in [6.45, 7) is 0. The predicted octanol–water partition coefficient (Wildman–Crippen LogP) is 1.99. The summed E-state index contributed by atoms with van der Waals surface area (Å²) in [5.41, 5.74) is -0.0427. The Morgan fingerprint density at radius 3 is 2.48 bits per heavy atom. The number of aliphatic carboxylic acids is 1. The van der Waals surface area contributed by atoms with Crippen LogP contribution < -0.4 is 10.6 Å². The number of rotatable bonds is 4. The first-order chi connectivity index (χ1) is 14.9. The van der Waals surface area contributed by atoms with Crippen LogP contribution in [0.25, 0.3) is 0 Å². The van der Waals surface area contributed by atoms with E-state index in [2.05, 4.69) is 10.6 Å². The van der Waals surface area contributed by atoms with Crippen LogP contribution in [0.1, 0.15) is 56.9 Å². The molecular weight excluding hydrogens is 398 g/mol.